The largest absolute Gasteiger partial charge is 0.234 e. The van der Waals surface area contributed by atoms with Crippen molar-refractivity contribution in [1.82, 2.24) is 4.98 Å². The van der Waals surface area contributed by atoms with Crippen molar-refractivity contribution >= 4 is 11.3 Å². The van der Waals surface area contributed by atoms with Gasteiger partial charge in [0, 0.05) is 11.1 Å². The van der Waals surface area contributed by atoms with E-state index in [-0.39, 0.29) is 0 Å². The van der Waals surface area contributed by atoms with Crippen molar-refractivity contribution in [2.75, 3.05) is 0 Å². The fourth-order valence-corrected chi connectivity index (χ4v) is 1.53. The normalized spacial score (nSPS) is 8.17. The van der Waals surface area contributed by atoms with E-state index in [4.69, 9.17) is 5.26 Å². The number of rotatable bonds is 2. The number of aryl methyl sites for hydroxylation is 1. The Hall–Kier alpha value is -0.880. The van der Waals surface area contributed by atoms with Crippen molar-refractivity contribution in [3.05, 3.63) is 16.1 Å². The molecule has 12 heavy (non-hydrogen) atoms. The second-order valence-corrected chi connectivity index (χ2v) is 3.11. The Morgan fingerprint density at radius 3 is 2.67 bits per heavy atom. The first-order valence-corrected chi connectivity index (χ1v) is 5.03. The minimum atomic E-state index is 0.573. The SMILES string of the molecule is CC.CCCc1cnc(C#N)s1. The van der Waals surface area contributed by atoms with Crippen LogP contribution in [-0.4, -0.2) is 4.98 Å². The molecule has 66 valence electrons. The van der Waals surface area contributed by atoms with E-state index in [0.717, 1.165) is 12.8 Å². The highest BCUT2D eigenvalue weighted by atomic mass is 32.1. The molecule has 3 heteroatoms. The highest BCUT2D eigenvalue weighted by Crippen LogP contribution is 2.12. The van der Waals surface area contributed by atoms with E-state index in [2.05, 4.69) is 11.9 Å². The van der Waals surface area contributed by atoms with Crippen LogP contribution in [0.1, 0.15) is 37.1 Å². The zero-order valence-electron chi connectivity index (χ0n) is 7.79. The lowest BCUT2D eigenvalue weighted by molar-refractivity contribution is 0.936. The lowest BCUT2D eigenvalue weighted by atomic mass is 10.3. The number of hydrogen-bond donors (Lipinski definition) is 0. The van der Waals surface area contributed by atoms with Crippen molar-refractivity contribution < 1.29 is 0 Å². The molecule has 0 radical (unpaired) electrons. The summed E-state index contributed by atoms with van der Waals surface area (Å²) in [6.07, 6.45) is 3.94. The zero-order chi connectivity index (χ0) is 9.40. The molecule has 0 spiro atoms. The third-order valence-electron chi connectivity index (χ3n) is 1.15. The molecule has 0 unspecified atom stereocenters. The van der Waals surface area contributed by atoms with Crippen LogP contribution in [0.25, 0.3) is 0 Å². The topological polar surface area (TPSA) is 36.7 Å². The molecule has 0 aliphatic rings. The smallest absolute Gasteiger partial charge is 0.194 e. The first-order valence-electron chi connectivity index (χ1n) is 4.21. The summed E-state index contributed by atoms with van der Waals surface area (Å²) in [6, 6.07) is 2.01. The van der Waals surface area contributed by atoms with Crippen LogP contribution < -0.4 is 0 Å². The van der Waals surface area contributed by atoms with Crippen LogP contribution in [0.2, 0.25) is 0 Å². The molecule has 0 saturated heterocycles. The van der Waals surface area contributed by atoms with Gasteiger partial charge in [-0.25, -0.2) is 4.98 Å². The highest BCUT2D eigenvalue weighted by molar-refractivity contribution is 7.12. The number of aromatic nitrogens is 1. The average molecular weight is 182 g/mol. The van der Waals surface area contributed by atoms with Crippen molar-refractivity contribution in [2.45, 2.75) is 33.6 Å². The number of nitrogens with zero attached hydrogens (tertiary/aromatic N) is 2. The molecule has 0 aliphatic carbocycles. The van der Waals surface area contributed by atoms with E-state index in [9.17, 15) is 0 Å². The van der Waals surface area contributed by atoms with Gasteiger partial charge in [-0.05, 0) is 6.42 Å². The highest BCUT2D eigenvalue weighted by Gasteiger charge is 1.97. The first-order chi connectivity index (χ1) is 5.86. The third kappa shape index (κ3) is 3.49. The standard InChI is InChI=1S/C7H8N2S.C2H6/c1-2-3-6-5-9-7(4-8)10-6;1-2/h5H,2-3H2,1H3;1-2H3. The summed E-state index contributed by atoms with van der Waals surface area (Å²) in [6.45, 7) is 6.12. The van der Waals surface area contributed by atoms with Gasteiger partial charge in [0.05, 0.1) is 0 Å². The fraction of sp³-hybridized carbons (Fsp3) is 0.556. The maximum atomic E-state index is 8.42. The molecule has 1 rings (SSSR count). The molecular formula is C9H14N2S. The lowest BCUT2D eigenvalue weighted by Crippen LogP contribution is -1.72. The van der Waals surface area contributed by atoms with Gasteiger partial charge in [0.25, 0.3) is 0 Å². The summed E-state index contributed by atoms with van der Waals surface area (Å²) in [5, 5.41) is 8.99. The van der Waals surface area contributed by atoms with Crippen LogP contribution in [0.3, 0.4) is 0 Å². The van der Waals surface area contributed by atoms with Gasteiger partial charge in [-0.15, -0.1) is 11.3 Å². The van der Waals surface area contributed by atoms with Gasteiger partial charge in [-0.2, -0.15) is 5.26 Å². The predicted octanol–water partition coefficient (Wildman–Crippen LogP) is 2.99. The molecule has 0 atom stereocenters. The Bertz CT molecular complexity index is 247. The quantitative estimate of drug-likeness (QED) is 0.705. The maximum Gasteiger partial charge on any atom is 0.194 e. The van der Waals surface area contributed by atoms with Crippen LogP contribution in [-0.2, 0) is 6.42 Å². The summed E-state index contributed by atoms with van der Waals surface area (Å²) in [7, 11) is 0. The second-order valence-electron chi connectivity index (χ2n) is 1.99. The molecule has 1 aromatic heterocycles. The van der Waals surface area contributed by atoms with Crippen LogP contribution in [0.4, 0.5) is 0 Å². The third-order valence-corrected chi connectivity index (χ3v) is 2.11. The van der Waals surface area contributed by atoms with Crippen molar-refractivity contribution in [2.24, 2.45) is 0 Å². The number of nitriles is 1. The van der Waals surface area contributed by atoms with Crippen LogP contribution >= 0.6 is 11.3 Å². The monoisotopic (exact) mass is 182 g/mol. The molecular weight excluding hydrogens is 168 g/mol. The summed E-state index contributed by atoms with van der Waals surface area (Å²) < 4.78 is 0. The minimum Gasteiger partial charge on any atom is -0.234 e. The summed E-state index contributed by atoms with van der Waals surface area (Å²) >= 11 is 1.49. The predicted molar refractivity (Wildman–Crippen MR) is 52.2 cm³/mol. The number of hydrogen-bond acceptors (Lipinski definition) is 3. The van der Waals surface area contributed by atoms with Crippen LogP contribution in [0.15, 0.2) is 6.20 Å². The van der Waals surface area contributed by atoms with E-state index in [1.165, 1.54) is 16.2 Å². The van der Waals surface area contributed by atoms with E-state index >= 15 is 0 Å². The Balaban J connectivity index is 0.000000561. The summed E-state index contributed by atoms with van der Waals surface area (Å²) in [5.74, 6) is 0. The summed E-state index contributed by atoms with van der Waals surface area (Å²) in [4.78, 5) is 5.12. The molecule has 0 saturated carbocycles. The van der Waals surface area contributed by atoms with E-state index in [1.807, 2.05) is 19.9 Å². The van der Waals surface area contributed by atoms with Crippen molar-refractivity contribution in [1.29, 1.82) is 5.26 Å². The Labute approximate surface area is 77.9 Å². The molecule has 0 fully saturated rings. The van der Waals surface area contributed by atoms with Gasteiger partial charge < -0.3 is 0 Å². The van der Waals surface area contributed by atoms with Gasteiger partial charge >= 0.3 is 0 Å². The van der Waals surface area contributed by atoms with Crippen LogP contribution in [0.5, 0.6) is 0 Å². The molecule has 1 aromatic rings. The fourth-order valence-electron chi connectivity index (χ4n) is 0.721. The van der Waals surface area contributed by atoms with Gasteiger partial charge in [-0.3, -0.25) is 0 Å². The van der Waals surface area contributed by atoms with Crippen molar-refractivity contribution in [3.63, 3.8) is 0 Å². The first kappa shape index (κ1) is 11.1. The minimum absolute atomic E-state index is 0.573. The van der Waals surface area contributed by atoms with Crippen molar-refractivity contribution in [3.8, 4) is 6.07 Å². The Morgan fingerprint density at radius 2 is 2.25 bits per heavy atom. The molecule has 0 bridgehead atoms. The van der Waals surface area contributed by atoms with E-state index in [1.54, 1.807) is 6.20 Å². The number of thiazole rings is 1. The van der Waals surface area contributed by atoms with Crippen LogP contribution in [0, 0.1) is 11.3 Å². The maximum absolute atomic E-state index is 8.42. The molecule has 1 heterocycles. The molecule has 0 N–H and O–H groups in total. The zero-order valence-corrected chi connectivity index (χ0v) is 8.61. The molecule has 0 aromatic carbocycles. The second kappa shape index (κ2) is 6.81. The van der Waals surface area contributed by atoms with E-state index in [0.29, 0.717) is 5.01 Å². The Kier molecular flexibility index (Phi) is 6.31. The molecule has 2 nitrogen and oxygen atoms in total. The van der Waals surface area contributed by atoms with Gasteiger partial charge in [0.1, 0.15) is 6.07 Å². The average Bonchev–Trinajstić information content (AvgIpc) is 2.57. The lowest BCUT2D eigenvalue weighted by Gasteiger charge is -1.84. The van der Waals surface area contributed by atoms with Gasteiger partial charge in [0.2, 0.25) is 0 Å². The Morgan fingerprint density at radius 1 is 1.58 bits per heavy atom. The van der Waals surface area contributed by atoms with Gasteiger partial charge in [0.15, 0.2) is 5.01 Å². The summed E-state index contributed by atoms with van der Waals surface area (Å²) in [5.41, 5.74) is 0. The molecule has 0 aliphatic heterocycles. The van der Waals surface area contributed by atoms with Gasteiger partial charge in [-0.1, -0.05) is 27.2 Å². The molecule has 0 amide bonds. The van der Waals surface area contributed by atoms with E-state index < -0.39 is 0 Å².